The fourth-order valence-corrected chi connectivity index (χ4v) is 2.25. The molecule has 0 aliphatic carbocycles. The van der Waals surface area contributed by atoms with E-state index in [4.69, 9.17) is 16.3 Å². The molecule has 5 heteroatoms. The molecule has 1 saturated heterocycles. The Morgan fingerprint density at radius 3 is 2.70 bits per heavy atom. The molecule has 1 atom stereocenters. The first-order valence-electron chi connectivity index (χ1n) is 6.33. The largest absolute Gasteiger partial charge is 0.481 e. The summed E-state index contributed by atoms with van der Waals surface area (Å²) in [4.78, 5) is 24.8. The number of terminal acetylenes is 1. The molecule has 2 rings (SSSR count). The maximum Gasteiger partial charge on any atom is 0.326 e. The number of rotatable bonds is 4. The Hall–Kier alpha value is -2.48. The van der Waals surface area contributed by atoms with Crippen molar-refractivity contribution in [1.29, 1.82) is 0 Å². The SMILES string of the molecule is C#CCOc1ccc(C(=O)N2CCC[C@@H]2C(=O)O)cc1. The number of carboxylic acids is 1. The molecule has 1 aliphatic rings. The predicted octanol–water partition coefficient (Wildman–Crippen LogP) is 1.39. The molecule has 1 amide bonds. The molecule has 1 aromatic carbocycles. The standard InChI is InChI=1S/C15H15NO4/c1-2-10-20-12-7-5-11(6-8-12)14(17)16-9-3-4-13(16)15(18)19/h1,5-8,13H,3-4,9-10H2,(H,18,19)/t13-/m1/s1. The first kappa shape index (κ1) is 13.9. The zero-order valence-electron chi connectivity index (χ0n) is 10.9. The van der Waals surface area contributed by atoms with Crippen LogP contribution in [0, 0.1) is 12.3 Å². The quantitative estimate of drug-likeness (QED) is 0.842. The zero-order valence-corrected chi connectivity index (χ0v) is 10.9. The van der Waals surface area contributed by atoms with Gasteiger partial charge >= 0.3 is 5.97 Å². The average molecular weight is 273 g/mol. The molecule has 5 nitrogen and oxygen atoms in total. The second kappa shape index (κ2) is 6.11. The van der Waals surface area contributed by atoms with Crippen molar-refractivity contribution in [3.8, 4) is 18.1 Å². The Kier molecular flexibility index (Phi) is 4.26. The van der Waals surface area contributed by atoms with Crippen LogP contribution >= 0.6 is 0 Å². The lowest BCUT2D eigenvalue weighted by atomic mass is 10.1. The summed E-state index contributed by atoms with van der Waals surface area (Å²) in [5.41, 5.74) is 0.450. The number of ether oxygens (including phenoxy) is 1. The van der Waals surface area contributed by atoms with Gasteiger partial charge in [-0.1, -0.05) is 5.92 Å². The van der Waals surface area contributed by atoms with E-state index in [-0.39, 0.29) is 12.5 Å². The highest BCUT2D eigenvalue weighted by Crippen LogP contribution is 2.21. The van der Waals surface area contributed by atoms with Gasteiger partial charge in [0, 0.05) is 12.1 Å². The van der Waals surface area contributed by atoms with Crippen LogP contribution in [0.3, 0.4) is 0 Å². The van der Waals surface area contributed by atoms with Gasteiger partial charge in [-0.3, -0.25) is 4.79 Å². The Balaban J connectivity index is 2.09. The Labute approximate surface area is 117 Å². The Morgan fingerprint density at radius 2 is 2.10 bits per heavy atom. The van der Waals surface area contributed by atoms with Crippen molar-refractivity contribution in [2.24, 2.45) is 0 Å². The van der Waals surface area contributed by atoms with Crippen molar-refractivity contribution in [2.75, 3.05) is 13.2 Å². The van der Waals surface area contributed by atoms with E-state index in [1.807, 2.05) is 0 Å². The third-order valence-electron chi connectivity index (χ3n) is 3.22. The number of nitrogens with zero attached hydrogens (tertiary/aromatic N) is 1. The van der Waals surface area contributed by atoms with Gasteiger partial charge in [-0.05, 0) is 37.1 Å². The van der Waals surface area contributed by atoms with Gasteiger partial charge in [0.25, 0.3) is 5.91 Å². The highest BCUT2D eigenvalue weighted by molar-refractivity contribution is 5.97. The van der Waals surface area contributed by atoms with Crippen molar-refractivity contribution in [3.63, 3.8) is 0 Å². The molecule has 0 saturated carbocycles. The van der Waals surface area contributed by atoms with Gasteiger partial charge in [0.05, 0.1) is 0 Å². The van der Waals surface area contributed by atoms with Gasteiger partial charge in [-0.15, -0.1) is 6.42 Å². The second-order valence-corrected chi connectivity index (χ2v) is 4.51. The van der Waals surface area contributed by atoms with E-state index in [0.717, 1.165) is 0 Å². The molecular weight excluding hydrogens is 258 g/mol. The minimum atomic E-state index is -0.954. The zero-order chi connectivity index (χ0) is 14.5. The van der Waals surface area contributed by atoms with Crippen molar-refractivity contribution in [3.05, 3.63) is 29.8 Å². The van der Waals surface area contributed by atoms with E-state index in [1.54, 1.807) is 24.3 Å². The average Bonchev–Trinajstić information content (AvgIpc) is 2.94. The van der Waals surface area contributed by atoms with E-state index in [0.29, 0.717) is 30.7 Å². The van der Waals surface area contributed by atoms with E-state index >= 15 is 0 Å². The monoisotopic (exact) mass is 273 g/mol. The fourth-order valence-electron chi connectivity index (χ4n) is 2.25. The van der Waals surface area contributed by atoms with E-state index < -0.39 is 12.0 Å². The molecule has 1 aromatic rings. The Bertz CT molecular complexity index is 544. The minimum absolute atomic E-state index is 0.167. The fraction of sp³-hybridized carbons (Fsp3) is 0.333. The van der Waals surface area contributed by atoms with Crippen LogP contribution < -0.4 is 4.74 Å². The van der Waals surface area contributed by atoms with Gasteiger partial charge in [0.2, 0.25) is 0 Å². The van der Waals surface area contributed by atoms with Crippen LogP contribution in [0.2, 0.25) is 0 Å². The molecule has 0 radical (unpaired) electrons. The summed E-state index contributed by atoms with van der Waals surface area (Å²) in [7, 11) is 0. The number of hydrogen-bond donors (Lipinski definition) is 1. The van der Waals surface area contributed by atoms with Crippen LogP contribution in [0.25, 0.3) is 0 Å². The lowest BCUT2D eigenvalue weighted by Gasteiger charge is -2.21. The minimum Gasteiger partial charge on any atom is -0.481 e. The second-order valence-electron chi connectivity index (χ2n) is 4.51. The normalized spacial score (nSPS) is 17.6. The molecule has 1 fully saturated rings. The van der Waals surface area contributed by atoms with Crippen LogP contribution in [0.15, 0.2) is 24.3 Å². The van der Waals surface area contributed by atoms with Crippen molar-refractivity contribution >= 4 is 11.9 Å². The summed E-state index contributed by atoms with van der Waals surface area (Å²) in [5.74, 6) is 1.71. The van der Waals surface area contributed by atoms with Gasteiger partial charge in [0.1, 0.15) is 18.4 Å². The molecule has 1 heterocycles. The van der Waals surface area contributed by atoms with Crippen LogP contribution in [0.1, 0.15) is 23.2 Å². The highest BCUT2D eigenvalue weighted by Gasteiger charge is 2.34. The van der Waals surface area contributed by atoms with Gasteiger partial charge in [0.15, 0.2) is 0 Å². The summed E-state index contributed by atoms with van der Waals surface area (Å²) in [5, 5.41) is 9.09. The van der Waals surface area contributed by atoms with Crippen molar-refractivity contribution in [1.82, 2.24) is 4.90 Å². The summed E-state index contributed by atoms with van der Waals surface area (Å²) in [6, 6.07) is 5.81. The number of likely N-dealkylation sites (tertiary alicyclic amines) is 1. The van der Waals surface area contributed by atoms with E-state index in [9.17, 15) is 9.59 Å². The number of amides is 1. The molecule has 0 spiro atoms. The molecular formula is C15H15NO4. The number of aliphatic carboxylic acids is 1. The molecule has 104 valence electrons. The summed E-state index contributed by atoms with van der Waals surface area (Å²) < 4.78 is 5.22. The molecule has 20 heavy (non-hydrogen) atoms. The number of carbonyl (C=O) groups excluding carboxylic acids is 1. The maximum atomic E-state index is 12.3. The lowest BCUT2D eigenvalue weighted by Crippen LogP contribution is -2.40. The number of benzene rings is 1. The summed E-state index contributed by atoms with van der Waals surface area (Å²) in [6.45, 7) is 0.644. The van der Waals surface area contributed by atoms with Crippen LogP contribution in [0.5, 0.6) is 5.75 Å². The summed E-state index contributed by atoms with van der Waals surface area (Å²) >= 11 is 0. The van der Waals surface area contributed by atoms with E-state index in [1.165, 1.54) is 4.90 Å². The molecule has 1 N–H and O–H groups in total. The van der Waals surface area contributed by atoms with Crippen molar-refractivity contribution < 1.29 is 19.4 Å². The van der Waals surface area contributed by atoms with Gasteiger partial charge < -0.3 is 14.7 Å². The summed E-state index contributed by atoms with van der Waals surface area (Å²) in [6.07, 6.45) is 6.31. The Morgan fingerprint density at radius 1 is 1.40 bits per heavy atom. The molecule has 0 unspecified atom stereocenters. The topological polar surface area (TPSA) is 66.8 Å². The third kappa shape index (κ3) is 2.91. The van der Waals surface area contributed by atoms with E-state index in [2.05, 4.69) is 5.92 Å². The number of carboxylic acid groups (broad SMARTS) is 1. The molecule has 0 bridgehead atoms. The smallest absolute Gasteiger partial charge is 0.326 e. The molecule has 0 aromatic heterocycles. The number of carbonyl (C=O) groups is 2. The van der Waals surface area contributed by atoms with Gasteiger partial charge in [-0.2, -0.15) is 0 Å². The predicted molar refractivity (Wildman–Crippen MR) is 72.5 cm³/mol. The maximum absolute atomic E-state index is 12.3. The number of hydrogen-bond acceptors (Lipinski definition) is 3. The highest BCUT2D eigenvalue weighted by atomic mass is 16.5. The lowest BCUT2D eigenvalue weighted by molar-refractivity contribution is -0.141. The van der Waals surface area contributed by atoms with Gasteiger partial charge in [-0.25, -0.2) is 4.79 Å². The molecule has 1 aliphatic heterocycles. The van der Waals surface area contributed by atoms with Crippen LogP contribution in [-0.4, -0.2) is 41.1 Å². The first-order chi connectivity index (χ1) is 9.63. The first-order valence-corrected chi connectivity index (χ1v) is 6.33. The van der Waals surface area contributed by atoms with Crippen LogP contribution in [0.4, 0.5) is 0 Å². The van der Waals surface area contributed by atoms with Crippen molar-refractivity contribution in [2.45, 2.75) is 18.9 Å². The van der Waals surface area contributed by atoms with Crippen LogP contribution in [-0.2, 0) is 4.79 Å². The third-order valence-corrected chi connectivity index (χ3v) is 3.22.